The third-order valence-corrected chi connectivity index (χ3v) is 6.30. The zero-order chi connectivity index (χ0) is 20.3. The first-order valence-corrected chi connectivity index (χ1v) is 10.0. The highest BCUT2D eigenvalue weighted by atomic mass is 79.9. The van der Waals surface area contributed by atoms with E-state index in [1.165, 1.54) is 11.6 Å². The molecule has 0 fully saturated rings. The lowest BCUT2D eigenvalue weighted by Crippen LogP contribution is -2.41. The van der Waals surface area contributed by atoms with Crippen molar-refractivity contribution in [1.29, 1.82) is 0 Å². The molecular weight excluding hydrogens is 432 g/mol. The Labute approximate surface area is 174 Å². The van der Waals surface area contributed by atoms with Crippen LogP contribution in [0, 0.1) is 0 Å². The molecule has 0 bridgehead atoms. The van der Waals surface area contributed by atoms with E-state index in [0.717, 1.165) is 30.9 Å². The normalized spacial score (nSPS) is 14.9. The summed E-state index contributed by atoms with van der Waals surface area (Å²) < 4.78 is 9.60. The summed E-state index contributed by atoms with van der Waals surface area (Å²) in [6.07, 6.45) is 0. The number of nitrogens with zero attached hydrogens (tertiary/aromatic N) is 2. The first-order chi connectivity index (χ1) is 14.0. The van der Waals surface area contributed by atoms with Gasteiger partial charge in [0.15, 0.2) is 0 Å². The molecule has 0 saturated heterocycles. The molecule has 29 heavy (non-hydrogen) atoms. The van der Waals surface area contributed by atoms with Crippen LogP contribution in [0.2, 0.25) is 0 Å². The fraction of sp³-hybridized carbons (Fsp3) is 0.130. The molecule has 3 aromatic carbocycles. The van der Waals surface area contributed by atoms with Crippen LogP contribution in [0.1, 0.15) is 22.6 Å². The van der Waals surface area contributed by atoms with Crippen LogP contribution in [-0.2, 0) is 14.1 Å². The molecule has 5 rings (SSSR count). The fourth-order valence-electron chi connectivity index (χ4n) is 4.15. The van der Waals surface area contributed by atoms with Gasteiger partial charge in [0.05, 0.1) is 11.5 Å². The van der Waals surface area contributed by atoms with E-state index in [0.29, 0.717) is 17.2 Å². The minimum Gasteiger partial charge on any atom is -0.440 e. The number of benzene rings is 3. The Morgan fingerprint density at radius 1 is 0.862 bits per heavy atom. The summed E-state index contributed by atoms with van der Waals surface area (Å²) in [6, 6.07) is 19.8. The number of halogens is 1. The number of hydrogen-bond donors (Lipinski definition) is 0. The summed E-state index contributed by atoms with van der Waals surface area (Å²) >= 11 is 3.66. The van der Waals surface area contributed by atoms with Gasteiger partial charge in [0.1, 0.15) is 5.75 Å². The van der Waals surface area contributed by atoms with E-state index in [2.05, 4.69) is 15.9 Å². The highest BCUT2D eigenvalue weighted by Gasteiger charge is 2.36. The smallest absolute Gasteiger partial charge is 0.333 e. The quantitative estimate of drug-likeness (QED) is 0.384. The third-order valence-electron chi connectivity index (χ3n) is 5.57. The zero-order valence-electron chi connectivity index (χ0n) is 15.8. The van der Waals surface area contributed by atoms with Gasteiger partial charge in [0.25, 0.3) is 5.56 Å². The maximum Gasteiger partial charge on any atom is 0.333 e. The van der Waals surface area contributed by atoms with Crippen molar-refractivity contribution in [1.82, 2.24) is 9.13 Å². The molecule has 1 aliphatic rings. The molecule has 1 unspecified atom stereocenters. The summed E-state index contributed by atoms with van der Waals surface area (Å²) in [6.45, 7) is 0. The standard InChI is InChI=1S/C23H17BrN2O3/c1-25-21(27)20-19(15-9-5-6-10-16(15)24)18-14-8-4-3-7-13(14)11-12-17(18)29-22(20)26(2)23(25)28/h3-12,19H,1-2H3. The van der Waals surface area contributed by atoms with Crippen LogP contribution in [-0.4, -0.2) is 9.13 Å². The predicted octanol–water partition coefficient (Wildman–Crippen LogP) is 4.29. The largest absolute Gasteiger partial charge is 0.440 e. The zero-order valence-corrected chi connectivity index (χ0v) is 17.4. The molecule has 0 N–H and O–H groups in total. The van der Waals surface area contributed by atoms with Crippen LogP contribution in [0.4, 0.5) is 0 Å². The summed E-state index contributed by atoms with van der Waals surface area (Å²) in [5.41, 5.74) is 1.58. The maximum atomic E-state index is 13.3. The molecule has 144 valence electrons. The molecule has 2 heterocycles. The molecule has 6 heteroatoms. The molecule has 0 radical (unpaired) electrons. The van der Waals surface area contributed by atoms with Crippen molar-refractivity contribution in [2.45, 2.75) is 5.92 Å². The molecular formula is C23H17BrN2O3. The Bertz CT molecular complexity index is 1420. The van der Waals surface area contributed by atoms with Crippen LogP contribution < -0.4 is 16.0 Å². The SMILES string of the molecule is Cn1c2c(c(=O)n(C)c1=O)C(c1ccccc1Br)c1c(ccc3ccccc13)O2. The molecule has 0 spiro atoms. The minimum absolute atomic E-state index is 0.293. The van der Waals surface area contributed by atoms with Gasteiger partial charge in [-0.1, -0.05) is 64.5 Å². The number of ether oxygens (including phenoxy) is 1. The van der Waals surface area contributed by atoms with Gasteiger partial charge in [-0.25, -0.2) is 4.79 Å². The van der Waals surface area contributed by atoms with E-state index < -0.39 is 5.69 Å². The highest BCUT2D eigenvalue weighted by molar-refractivity contribution is 9.10. The fourth-order valence-corrected chi connectivity index (χ4v) is 4.67. The van der Waals surface area contributed by atoms with Gasteiger partial charge < -0.3 is 4.74 Å². The molecule has 0 aliphatic carbocycles. The van der Waals surface area contributed by atoms with Crippen LogP contribution in [0.5, 0.6) is 11.6 Å². The van der Waals surface area contributed by atoms with Crippen molar-refractivity contribution in [2.24, 2.45) is 14.1 Å². The van der Waals surface area contributed by atoms with E-state index in [1.54, 1.807) is 7.05 Å². The molecule has 5 nitrogen and oxygen atoms in total. The second kappa shape index (κ2) is 6.46. The second-order valence-electron chi connectivity index (χ2n) is 7.18. The summed E-state index contributed by atoms with van der Waals surface area (Å²) in [5.74, 6) is 0.572. The summed E-state index contributed by atoms with van der Waals surface area (Å²) in [4.78, 5) is 25.8. The Morgan fingerprint density at radius 2 is 1.59 bits per heavy atom. The maximum absolute atomic E-state index is 13.3. The molecule has 1 aromatic heterocycles. The molecule has 0 amide bonds. The van der Waals surface area contributed by atoms with Crippen molar-refractivity contribution in [3.63, 3.8) is 0 Å². The average molecular weight is 449 g/mol. The van der Waals surface area contributed by atoms with E-state index in [1.807, 2.05) is 60.7 Å². The van der Waals surface area contributed by atoms with Crippen molar-refractivity contribution in [3.8, 4) is 11.6 Å². The Kier molecular flexibility index (Phi) is 3.99. The van der Waals surface area contributed by atoms with Gasteiger partial charge >= 0.3 is 5.69 Å². The number of rotatable bonds is 1. The lowest BCUT2D eigenvalue weighted by atomic mass is 9.81. The third kappa shape index (κ3) is 2.52. The molecule has 1 aliphatic heterocycles. The van der Waals surface area contributed by atoms with Crippen LogP contribution in [0.25, 0.3) is 10.8 Å². The molecule has 0 saturated carbocycles. The van der Waals surface area contributed by atoms with Gasteiger partial charge in [-0.05, 0) is 28.5 Å². The van der Waals surface area contributed by atoms with Crippen LogP contribution in [0.15, 0.2) is 74.7 Å². The highest BCUT2D eigenvalue weighted by Crippen LogP contribution is 2.49. The van der Waals surface area contributed by atoms with Gasteiger partial charge in [-0.3, -0.25) is 13.9 Å². The Balaban J connectivity index is 1.98. The molecule has 1 atom stereocenters. The van der Waals surface area contributed by atoms with E-state index in [4.69, 9.17) is 4.74 Å². The Morgan fingerprint density at radius 3 is 2.38 bits per heavy atom. The van der Waals surface area contributed by atoms with E-state index in [-0.39, 0.29) is 11.5 Å². The summed E-state index contributed by atoms with van der Waals surface area (Å²) in [7, 11) is 3.13. The van der Waals surface area contributed by atoms with Crippen LogP contribution >= 0.6 is 15.9 Å². The van der Waals surface area contributed by atoms with Crippen molar-refractivity contribution in [3.05, 3.63) is 103 Å². The molecule has 4 aromatic rings. The van der Waals surface area contributed by atoms with E-state index >= 15 is 0 Å². The van der Waals surface area contributed by atoms with Crippen molar-refractivity contribution in [2.75, 3.05) is 0 Å². The van der Waals surface area contributed by atoms with Gasteiger partial charge in [0.2, 0.25) is 5.88 Å². The van der Waals surface area contributed by atoms with Crippen LogP contribution in [0.3, 0.4) is 0 Å². The first kappa shape index (κ1) is 17.9. The van der Waals surface area contributed by atoms with Gasteiger partial charge in [-0.15, -0.1) is 0 Å². The monoisotopic (exact) mass is 448 g/mol. The van der Waals surface area contributed by atoms with Crippen molar-refractivity contribution < 1.29 is 4.74 Å². The topological polar surface area (TPSA) is 53.2 Å². The second-order valence-corrected chi connectivity index (χ2v) is 8.03. The van der Waals surface area contributed by atoms with Gasteiger partial charge in [-0.2, -0.15) is 0 Å². The lowest BCUT2D eigenvalue weighted by Gasteiger charge is -2.31. The average Bonchev–Trinajstić information content (AvgIpc) is 2.75. The number of aromatic nitrogens is 2. The number of fused-ring (bicyclic) bond motifs is 4. The summed E-state index contributed by atoms with van der Waals surface area (Å²) in [5, 5.41) is 2.09. The number of hydrogen-bond acceptors (Lipinski definition) is 3. The van der Waals surface area contributed by atoms with Crippen molar-refractivity contribution >= 4 is 26.7 Å². The van der Waals surface area contributed by atoms with E-state index in [9.17, 15) is 9.59 Å². The minimum atomic E-state index is -0.413. The van der Waals surface area contributed by atoms with Gasteiger partial charge in [0, 0.05) is 24.1 Å². The lowest BCUT2D eigenvalue weighted by molar-refractivity contribution is 0.396. The predicted molar refractivity (Wildman–Crippen MR) is 116 cm³/mol. The first-order valence-electron chi connectivity index (χ1n) is 9.23. The Hall–Kier alpha value is -3.12.